The number of carbonyl (C=O) groups excluding carboxylic acids is 1. The van der Waals surface area contributed by atoms with Crippen molar-refractivity contribution in [1.29, 1.82) is 0 Å². The van der Waals surface area contributed by atoms with Crippen LogP contribution in [0.4, 0.5) is 11.4 Å². The molecule has 0 atom stereocenters. The Morgan fingerprint density at radius 3 is 2.38 bits per heavy atom. The van der Waals surface area contributed by atoms with Crippen LogP contribution in [0.3, 0.4) is 0 Å². The zero-order valence-electron chi connectivity index (χ0n) is 17.0. The van der Waals surface area contributed by atoms with E-state index in [1.165, 1.54) is 29.3 Å². The van der Waals surface area contributed by atoms with Crippen molar-refractivity contribution >= 4 is 29.1 Å². The number of nitro groups is 1. The Balaban J connectivity index is 1.79. The number of ether oxygens (including phenoxy) is 1. The van der Waals surface area contributed by atoms with E-state index < -0.39 is 4.92 Å². The Morgan fingerprint density at radius 2 is 1.69 bits per heavy atom. The van der Waals surface area contributed by atoms with E-state index in [0.29, 0.717) is 29.3 Å². The van der Waals surface area contributed by atoms with Crippen LogP contribution in [0.2, 0.25) is 0 Å². The summed E-state index contributed by atoms with van der Waals surface area (Å²) in [5, 5.41) is 16.8. The summed E-state index contributed by atoms with van der Waals surface area (Å²) < 4.78 is 5.73. The smallest absolute Gasteiger partial charge is 0.281 e. The van der Waals surface area contributed by atoms with Gasteiger partial charge in [-0.1, -0.05) is 61.2 Å². The van der Waals surface area contributed by atoms with Crippen LogP contribution in [0, 0.1) is 10.1 Å². The van der Waals surface area contributed by atoms with Crippen LogP contribution in [0.25, 0.3) is 6.08 Å². The lowest BCUT2D eigenvalue weighted by molar-refractivity contribution is -0.384. The molecule has 158 valence electrons. The Hall–Kier alpha value is -4.52. The highest BCUT2D eigenvalue weighted by Gasteiger charge is 2.32. The van der Waals surface area contributed by atoms with Crippen molar-refractivity contribution in [2.45, 2.75) is 0 Å². The van der Waals surface area contributed by atoms with E-state index in [9.17, 15) is 14.9 Å². The SMILES string of the molecule is C=CCOc1ccccc1/C=C1\C(=O)N(c2ccc([N+](=O)[O-])cc2)N=C1c1ccccc1. The minimum atomic E-state index is -0.486. The lowest BCUT2D eigenvalue weighted by Crippen LogP contribution is -2.21. The van der Waals surface area contributed by atoms with E-state index in [1.54, 1.807) is 12.2 Å². The van der Waals surface area contributed by atoms with Gasteiger partial charge in [0.25, 0.3) is 11.6 Å². The number of anilines is 1. The Bertz CT molecular complexity index is 1230. The maximum atomic E-state index is 13.4. The van der Waals surface area contributed by atoms with Crippen molar-refractivity contribution in [2.75, 3.05) is 11.6 Å². The molecule has 0 N–H and O–H groups in total. The first-order valence-electron chi connectivity index (χ1n) is 9.86. The van der Waals surface area contributed by atoms with Crippen molar-refractivity contribution in [3.63, 3.8) is 0 Å². The first-order valence-corrected chi connectivity index (χ1v) is 9.86. The largest absolute Gasteiger partial charge is 0.489 e. The predicted octanol–water partition coefficient (Wildman–Crippen LogP) is 4.99. The molecule has 3 aromatic rings. The zero-order valence-corrected chi connectivity index (χ0v) is 17.0. The number of hydrogen-bond donors (Lipinski definition) is 0. The van der Waals surface area contributed by atoms with Crippen molar-refractivity contribution in [2.24, 2.45) is 5.10 Å². The van der Waals surface area contributed by atoms with Gasteiger partial charge in [0.2, 0.25) is 0 Å². The summed E-state index contributed by atoms with van der Waals surface area (Å²) in [7, 11) is 0. The van der Waals surface area contributed by atoms with Gasteiger partial charge in [-0.25, -0.2) is 0 Å². The minimum Gasteiger partial charge on any atom is -0.489 e. The highest BCUT2D eigenvalue weighted by molar-refractivity contribution is 6.37. The molecule has 7 nitrogen and oxygen atoms in total. The number of non-ortho nitro benzene ring substituents is 1. The van der Waals surface area contributed by atoms with Gasteiger partial charge in [-0.2, -0.15) is 10.1 Å². The molecule has 0 radical (unpaired) electrons. The van der Waals surface area contributed by atoms with E-state index in [2.05, 4.69) is 11.7 Å². The van der Waals surface area contributed by atoms with Crippen LogP contribution >= 0.6 is 0 Å². The fourth-order valence-corrected chi connectivity index (χ4v) is 3.28. The number of para-hydroxylation sites is 1. The van der Waals surface area contributed by atoms with E-state index in [-0.39, 0.29) is 11.6 Å². The fraction of sp³-hybridized carbons (Fsp3) is 0.0400. The van der Waals surface area contributed by atoms with Gasteiger partial charge >= 0.3 is 0 Å². The summed E-state index contributed by atoms with van der Waals surface area (Å²) in [5.41, 5.74) is 2.79. The monoisotopic (exact) mass is 425 g/mol. The minimum absolute atomic E-state index is 0.0586. The number of nitro benzene ring substituents is 1. The molecule has 1 aliphatic rings. The molecule has 0 aliphatic carbocycles. The third kappa shape index (κ3) is 4.17. The molecule has 1 amide bonds. The average molecular weight is 425 g/mol. The molecule has 0 saturated carbocycles. The van der Waals surface area contributed by atoms with E-state index >= 15 is 0 Å². The van der Waals surface area contributed by atoms with Gasteiger partial charge in [0.1, 0.15) is 18.1 Å². The summed E-state index contributed by atoms with van der Waals surface area (Å²) in [6.07, 6.45) is 3.40. The van der Waals surface area contributed by atoms with Crippen molar-refractivity contribution in [1.82, 2.24) is 0 Å². The first-order chi connectivity index (χ1) is 15.6. The van der Waals surface area contributed by atoms with Crippen LogP contribution in [0.1, 0.15) is 11.1 Å². The summed E-state index contributed by atoms with van der Waals surface area (Å²) in [6.45, 7) is 4.01. The average Bonchev–Trinajstić information content (AvgIpc) is 3.15. The molecule has 1 aliphatic heterocycles. The Labute approximate surface area is 184 Å². The van der Waals surface area contributed by atoms with Crippen molar-refractivity contribution in [3.05, 3.63) is 118 Å². The lowest BCUT2D eigenvalue weighted by Gasteiger charge is -2.11. The van der Waals surface area contributed by atoms with Crippen LogP contribution in [0.5, 0.6) is 5.75 Å². The van der Waals surface area contributed by atoms with Gasteiger partial charge in [-0.05, 0) is 24.3 Å². The summed E-state index contributed by atoms with van der Waals surface area (Å²) in [5.74, 6) is 0.283. The maximum absolute atomic E-state index is 13.4. The second kappa shape index (κ2) is 9.09. The molecule has 0 spiro atoms. The predicted molar refractivity (Wildman–Crippen MR) is 124 cm³/mol. The third-order valence-electron chi connectivity index (χ3n) is 4.81. The van der Waals surface area contributed by atoms with E-state index in [4.69, 9.17) is 4.74 Å². The molecule has 0 unspecified atom stereocenters. The molecule has 0 saturated heterocycles. The molecule has 0 bridgehead atoms. The molecular formula is C25H19N3O4. The van der Waals surface area contributed by atoms with Crippen LogP contribution in [-0.2, 0) is 4.79 Å². The Morgan fingerprint density at radius 1 is 1.00 bits per heavy atom. The number of hydrogen-bond acceptors (Lipinski definition) is 5. The zero-order chi connectivity index (χ0) is 22.5. The molecule has 1 heterocycles. The second-order valence-corrected chi connectivity index (χ2v) is 6.90. The standard InChI is InChI=1S/C25H19N3O4/c1-2-16-32-23-11-7-6-10-19(23)17-22-24(18-8-4-3-5-9-18)26-27(25(22)29)20-12-14-21(15-13-20)28(30)31/h2-15,17H,1,16H2/b22-17-. The summed E-state index contributed by atoms with van der Waals surface area (Å²) in [4.78, 5) is 23.9. The molecule has 32 heavy (non-hydrogen) atoms. The molecule has 7 heteroatoms. The molecule has 0 aromatic heterocycles. The quantitative estimate of drug-likeness (QED) is 0.231. The van der Waals surface area contributed by atoms with Crippen LogP contribution < -0.4 is 9.75 Å². The number of amides is 1. The van der Waals surface area contributed by atoms with Gasteiger partial charge in [0.05, 0.1) is 16.2 Å². The van der Waals surface area contributed by atoms with Crippen LogP contribution in [-0.4, -0.2) is 23.1 Å². The molecular weight excluding hydrogens is 406 g/mol. The molecule has 4 rings (SSSR count). The second-order valence-electron chi connectivity index (χ2n) is 6.90. The number of rotatable bonds is 7. The van der Waals surface area contributed by atoms with Crippen LogP contribution in [0.15, 0.2) is 102 Å². The number of carbonyl (C=O) groups is 1. The number of hydrazone groups is 1. The molecule has 0 fully saturated rings. The maximum Gasteiger partial charge on any atom is 0.281 e. The Kier molecular flexibility index (Phi) is 5.89. The van der Waals surface area contributed by atoms with Gasteiger partial charge in [-0.3, -0.25) is 14.9 Å². The van der Waals surface area contributed by atoms with Gasteiger partial charge in [0, 0.05) is 23.3 Å². The third-order valence-corrected chi connectivity index (χ3v) is 4.81. The van der Waals surface area contributed by atoms with E-state index in [0.717, 1.165) is 11.1 Å². The highest BCUT2D eigenvalue weighted by atomic mass is 16.6. The normalized spacial score (nSPS) is 14.4. The van der Waals surface area contributed by atoms with Gasteiger partial charge < -0.3 is 4.74 Å². The summed E-state index contributed by atoms with van der Waals surface area (Å²) in [6, 6.07) is 22.5. The molecule has 3 aromatic carbocycles. The topological polar surface area (TPSA) is 85.0 Å². The highest BCUT2D eigenvalue weighted by Crippen LogP contribution is 2.30. The first kappa shape index (κ1) is 20.7. The number of nitrogens with zero attached hydrogens (tertiary/aromatic N) is 3. The fourth-order valence-electron chi connectivity index (χ4n) is 3.28. The van der Waals surface area contributed by atoms with Crippen molar-refractivity contribution < 1.29 is 14.5 Å². The van der Waals surface area contributed by atoms with Gasteiger partial charge in [-0.15, -0.1) is 0 Å². The van der Waals surface area contributed by atoms with Gasteiger partial charge in [0.15, 0.2) is 0 Å². The van der Waals surface area contributed by atoms with E-state index in [1.807, 2.05) is 54.6 Å². The number of benzene rings is 3. The lowest BCUT2D eigenvalue weighted by atomic mass is 10.00. The summed E-state index contributed by atoms with van der Waals surface area (Å²) >= 11 is 0. The van der Waals surface area contributed by atoms with Crippen molar-refractivity contribution in [3.8, 4) is 5.75 Å².